The molecule has 0 aromatic carbocycles. The van der Waals surface area contributed by atoms with Crippen LogP contribution in [-0.2, 0) is 9.59 Å². The Morgan fingerprint density at radius 1 is 1.21 bits per heavy atom. The average molecular weight is 280 g/mol. The van der Waals surface area contributed by atoms with Crippen LogP contribution >= 0.6 is 0 Å². The van der Waals surface area contributed by atoms with Gasteiger partial charge in [0, 0.05) is 5.57 Å². The number of carbonyl (C=O) groups is 2. The molecule has 0 bridgehead atoms. The molecule has 1 aromatic heterocycles. The molecule has 0 saturated carbocycles. The first-order chi connectivity index (χ1) is 7.90. The molecule has 0 aliphatic heterocycles. The first kappa shape index (κ1) is 21.0. The van der Waals surface area contributed by atoms with Crippen LogP contribution in [0.1, 0.15) is 18.4 Å². The summed E-state index contributed by atoms with van der Waals surface area (Å²) in [7, 11) is 0. The number of hydrogen-bond acceptors (Lipinski definition) is 5. The van der Waals surface area contributed by atoms with Crippen LogP contribution in [-0.4, -0.2) is 11.9 Å². The zero-order valence-corrected chi connectivity index (χ0v) is 15.4. The van der Waals surface area contributed by atoms with Gasteiger partial charge in [0.1, 0.15) is 11.5 Å². The van der Waals surface area contributed by atoms with Crippen molar-refractivity contribution in [2.24, 2.45) is 0 Å². The van der Waals surface area contributed by atoms with Crippen molar-refractivity contribution in [1.29, 1.82) is 0 Å². The van der Waals surface area contributed by atoms with Crippen molar-refractivity contribution < 1.29 is 83.3 Å². The van der Waals surface area contributed by atoms with Gasteiger partial charge >= 0.3 is 59.1 Å². The number of furan rings is 1. The van der Waals surface area contributed by atoms with E-state index in [0.29, 0.717) is 17.6 Å². The van der Waals surface area contributed by atoms with Gasteiger partial charge in [-0.1, -0.05) is 0 Å². The molecule has 0 amide bonds. The third kappa shape index (κ3) is 7.15. The second kappa shape index (κ2) is 9.58. The van der Waals surface area contributed by atoms with E-state index in [2.05, 4.69) is 0 Å². The second-order valence-corrected chi connectivity index (χ2v) is 3.44. The van der Waals surface area contributed by atoms with Crippen molar-refractivity contribution in [3.8, 4) is 0 Å². The maximum atomic E-state index is 10.9. The first-order valence-electron chi connectivity index (χ1n) is 4.79. The zero-order chi connectivity index (χ0) is 13.0. The number of carboxylic acid groups (broad SMARTS) is 2. The van der Waals surface area contributed by atoms with E-state index in [4.69, 9.17) is 4.42 Å². The van der Waals surface area contributed by atoms with E-state index in [1.165, 1.54) is 13.0 Å². The fraction of sp³-hybridized carbons (Fsp3) is 0.167. The fourth-order valence-corrected chi connectivity index (χ4v) is 1.26. The predicted molar refractivity (Wildman–Crippen MR) is 55.2 cm³/mol. The molecule has 19 heavy (non-hydrogen) atoms. The number of rotatable bonds is 4. The molecule has 0 fully saturated rings. The van der Waals surface area contributed by atoms with Crippen LogP contribution in [0.4, 0.5) is 0 Å². The fourth-order valence-electron chi connectivity index (χ4n) is 1.26. The molecule has 1 aromatic rings. The molecule has 0 unspecified atom stereocenters. The Hall–Kier alpha value is -0.300. The number of hydrogen-bond donors (Lipinski definition) is 0. The number of aryl methyl sites for hydroxylation is 1. The smallest absolute Gasteiger partial charge is 0.545 e. The van der Waals surface area contributed by atoms with Gasteiger partial charge in [-0.15, -0.1) is 0 Å². The third-order valence-electron chi connectivity index (χ3n) is 2.03. The van der Waals surface area contributed by atoms with E-state index in [9.17, 15) is 19.8 Å². The van der Waals surface area contributed by atoms with Gasteiger partial charge in [0.15, 0.2) is 0 Å². The van der Waals surface area contributed by atoms with E-state index in [1.54, 1.807) is 19.1 Å². The van der Waals surface area contributed by atoms with Gasteiger partial charge in [-0.2, -0.15) is 0 Å². The minimum absolute atomic E-state index is 0. The number of aliphatic carboxylic acids is 2. The predicted octanol–water partition coefficient (Wildman–Crippen LogP) is -6.57. The van der Waals surface area contributed by atoms with Crippen LogP contribution in [0.2, 0.25) is 0 Å². The van der Waals surface area contributed by atoms with Crippen LogP contribution in [0, 0.1) is 6.92 Å². The molecule has 0 aliphatic carbocycles. The van der Waals surface area contributed by atoms with Crippen LogP contribution in [0.25, 0.3) is 6.08 Å². The minimum atomic E-state index is -1.48. The van der Waals surface area contributed by atoms with Crippen LogP contribution in [0.3, 0.4) is 0 Å². The third-order valence-corrected chi connectivity index (χ3v) is 2.03. The summed E-state index contributed by atoms with van der Waals surface area (Å²) < 4.78 is 5.16. The van der Waals surface area contributed by atoms with Gasteiger partial charge in [0.2, 0.25) is 0 Å². The number of carboxylic acids is 2. The van der Waals surface area contributed by atoms with E-state index in [-0.39, 0.29) is 70.3 Å². The standard InChI is InChI=1S/C12H12O5.2Na/c1-7(5-11(13)14)10(12(15)16)6-9-4-3-8(2)17-9;;/h3-6H,1-2H3,(H,13,14)(H,15,16);;/q;2*+1/p-2/b7-5+,10-6+;;. The Morgan fingerprint density at radius 3 is 2.16 bits per heavy atom. The Labute approximate surface area is 155 Å². The Balaban J connectivity index is 0. The SMILES string of the molecule is CC(=C\C(=O)[O-])/C(=C\c1ccc(C)o1)C(=O)[O-].[Na+].[Na+]. The Morgan fingerprint density at radius 2 is 1.79 bits per heavy atom. The molecule has 7 heteroatoms. The summed E-state index contributed by atoms with van der Waals surface area (Å²) in [5, 5.41) is 21.2. The molecule has 0 spiro atoms. The molecule has 1 rings (SSSR count). The summed E-state index contributed by atoms with van der Waals surface area (Å²) >= 11 is 0. The molecule has 0 N–H and O–H groups in total. The largest absolute Gasteiger partial charge is 1.00 e. The normalized spacial score (nSPS) is 11.3. The van der Waals surface area contributed by atoms with Gasteiger partial charge < -0.3 is 24.2 Å². The van der Waals surface area contributed by atoms with Gasteiger partial charge in [-0.25, -0.2) is 0 Å². The quantitative estimate of drug-likeness (QED) is 0.310. The monoisotopic (exact) mass is 280 g/mol. The molecule has 1 heterocycles. The molecule has 90 valence electrons. The van der Waals surface area contributed by atoms with Crippen molar-refractivity contribution in [1.82, 2.24) is 0 Å². The van der Waals surface area contributed by atoms with Crippen molar-refractivity contribution in [2.45, 2.75) is 13.8 Å². The van der Waals surface area contributed by atoms with Gasteiger partial charge in [0.25, 0.3) is 0 Å². The average Bonchev–Trinajstić information content (AvgIpc) is 2.58. The van der Waals surface area contributed by atoms with E-state index in [1.807, 2.05) is 0 Å². The first-order valence-corrected chi connectivity index (χ1v) is 4.79. The second-order valence-electron chi connectivity index (χ2n) is 3.44. The minimum Gasteiger partial charge on any atom is -0.545 e. The summed E-state index contributed by atoms with van der Waals surface area (Å²) in [5.41, 5.74) is -0.234. The van der Waals surface area contributed by atoms with Crippen LogP contribution < -0.4 is 69.3 Å². The van der Waals surface area contributed by atoms with Crippen LogP contribution in [0.5, 0.6) is 0 Å². The molecule has 0 aliphatic rings. The summed E-state index contributed by atoms with van der Waals surface area (Å²) in [6, 6.07) is 3.24. The number of carbonyl (C=O) groups excluding carboxylic acids is 2. The molecule has 0 radical (unpaired) electrons. The maximum absolute atomic E-state index is 10.9. The summed E-state index contributed by atoms with van der Waals surface area (Å²) in [6.07, 6.45) is 1.90. The zero-order valence-electron chi connectivity index (χ0n) is 11.4. The Bertz CT molecular complexity index is 514. The summed E-state index contributed by atoms with van der Waals surface area (Å²) in [5.74, 6) is -2.01. The molecular formula is C12H10Na2O5. The Kier molecular flexibility index (Phi) is 10.6. The topological polar surface area (TPSA) is 93.4 Å². The summed E-state index contributed by atoms with van der Waals surface area (Å²) in [6.45, 7) is 3.05. The van der Waals surface area contributed by atoms with Crippen molar-refractivity contribution >= 4 is 18.0 Å². The molecule has 5 nitrogen and oxygen atoms in total. The summed E-state index contributed by atoms with van der Waals surface area (Å²) in [4.78, 5) is 21.2. The molecular weight excluding hydrogens is 270 g/mol. The van der Waals surface area contributed by atoms with Crippen molar-refractivity contribution in [3.05, 3.63) is 40.9 Å². The molecule has 0 saturated heterocycles. The molecule has 0 atom stereocenters. The van der Waals surface area contributed by atoms with E-state index < -0.39 is 11.9 Å². The van der Waals surface area contributed by atoms with E-state index in [0.717, 1.165) is 0 Å². The van der Waals surface area contributed by atoms with Crippen LogP contribution in [0.15, 0.2) is 33.8 Å². The van der Waals surface area contributed by atoms with Gasteiger partial charge in [0.05, 0.1) is 11.9 Å². The van der Waals surface area contributed by atoms with Crippen molar-refractivity contribution in [3.63, 3.8) is 0 Å². The maximum Gasteiger partial charge on any atom is 1.00 e. The van der Waals surface area contributed by atoms with Gasteiger partial charge in [-0.05, 0) is 43.7 Å². The van der Waals surface area contributed by atoms with Crippen molar-refractivity contribution in [2.75, 3.05) is 0 Å². The van der Waals surface area contributed by atoms with Gasteiger partial charge in [-0.3, -0.25) is 0 Å². The van der Waals surface area contributed by atoms with E-state index >= 15 is 0 Å².